The normalized spacial score (nSPS) is 14.2. The molecule has 2 aromatic carbocycles. The molecule has 3 aromatic rings. The van der Waals surface area contributed by atoms with Crippen molar-refractivity contribution >= 4 is 40.2 Å². The van der Waals surface area contributed by atoms with Crippen molar-refractivity contribution in [2.75, 3.05) is 36.5 Å². The molecular formula is C20H18ClN3O2S. The highest BCUT2D eigenvalue weighted by atomic mass is 35.5. The molecule has 0 bridgehead atoms. The van der Waals surface area contributed by atoms with Gasteiger partial charge in [-0.2, -0.15) is 0 Å². The van der Waals surface area contributed by atoms with Crippen molar-refractivity contribution in [3.05, 3.63) is 64.6 Å². The Kier molecular flexibility index (Phi) is 5.38. The highest BCUT2D eigenvalue weighted by molar-refractivity contribution is 7.13. The summed E-state index contributed by atoms with van der Waals surface area (Å²) in [5.74, 6) is -0.217. The van der Waals surface area contributed by atoms with Gasteiger partial charge < -0.3 is 15.0 Å². The number of halogens is 1. The number of thiazole rings is 1. The summed E-state index contributed by atoms with van der Waals surface area (Å²) in [5, 5.41) is 6.13. The van der Waals surface area contributed by atoms with Gasteiger partial charge in [0.15, 0.2) is 0 Å². The van der Waals surface area contributed by atoms with Gasteiger partial charge in [-0.15, -0.1) is 11.3 Å². The quantitative estimate of drug-likeness (QED) is 0.699. The Balaban J connectivity index is 1.42. The molecule has 1 saturated heterocycles. The van der Waals surface area contributed by atoms with Gasteiger partial charge >= 0.3 is 0 Å². The molecule has 2 heterocycles. The molecule has 1 fully saturated rings. The molecular weight excluding hydrogens is 382 g/mol. The molecule has 4 rings (SSSR count). The van der Waals surface area contributed by atoms with E-state index >= 15 is 0 Å². The first-order chi connectivity index (χ1) is 13.2. The summed E-state index contributed by atoms with van der Waals surface area (Å²) in [6.45, 7) is 3.27. The first-order valence-corrected chi connectivity index (χ1v) is 9.90. The molecule has 5 nitrogen and oxygen atoms in total. The number of hydrogen-bond acceptors (Lipinski definition) is 5. The zero-order chi connectivity index (χ0) is 18.6. The van der Waals surface area contributed by atoms with E-state index < -0.39 is 0 Å². The van der Waals surface area contributed by atoms with E-state index in [1.807, 2.05) is 48.5 Å². The van der Waals surface area contributed by atoms with Crippen molar-refractivity contribution in [3.63, 3.8) is 0 Å². The lowest BCUT2D eigenvalue weighted by molar-refractivity contribution is 0.102. The maximum Gasteiger partial charge on any atom is 0.275 e. The highest BCUT2D eigenvalue weighted by Crippen LogP contribution is 2.26. The average molecular weight is 400 g/mol. The second kappa shape index (κ2) is 8.08. The van der Waals surface area contributed by atoms with Crippen LogP contribution in [0.4, 0.5) is 11.4 Å². The summed E-state index contributed by atoms with van der Waals surface area (Å²) in [6.07, 6.45) is 0. The largest absolute Gasteiger partial charge is 0.378 e. The topological polar surface area (TPSA) is 54.5 Å². The van der Waals surface area contributed by atoms with Crippen LogP contribution in [0.15, 0.2) is 53.9 Å². The number of nitrogens with zero attached hydrogens (tertiary/aromatic N) is 2. The third kappa shape index (κ3) is 4.30. The lowest BCUT2D eigenvalue weighted by Crippen LogP contribution is -2.36. The van der Waals surface area contributed by atoms with Gasteiger partial charge in [-0.3, -0.25) is 4.79 Å². The Morgan fingerprint density at radius 3 is 2.48 bits per heavy atom. The Morgan fingerprint density at radius 1 is 1.07 bits per heavy atom. The third-order valence-electron chi connectivity index (χ3n) is 4.33. The minimum atomic E-state index is -0.217. The van der Waals surface area contributed by atoms with E-state index in [9.17, 15) is 4.79 Å². The molecule has 1 aromatic heterocycles. The predicted molar refractivity (Wildman–Crippen MR) is 110 cm³/mol. The van der Waals surface area contributed by atoms with Gasteiger partial charge in [-0.05, 0) is 36.4 Å². The Bertz CT molecular complexity index is 919. The lowest BCUT2D eigenvalue weighted by atomic mass is 10.2. The average Bonchev–Trinajstić information content (AvgIpc) is 3.20. The van der Waals surface area contributed by atoms with Crippen LogP contribution in [0.3, 0.4) is 0 Å². The molecule has 1 amide bonds. The minimum absolute atomic E-state index is 0.217. The van der Waals surface area contributed by atoms with E-state index in [4.69, 9.17) is 16.3 Å². The lowest BCUT2D eigenvalue weighted by Gasteiger charge is -2.28. The number of nitrogens with one attached hydrogen (secondary N) is 1. The van der Waals surface area contributed by atoms with Crippen molar-refractivity contribution in [1.29, 1.82) is 0 Å². The van der Waals surface area contributed by atoms with E-state index in [1.165, 1.54) is 11.3 Å². The maximum atomic E-state index is 12.5. The van der Waals surface area contributed by atoms with Crippen molar-refractivity contribution in [3.8, 4) is 10.6 Å². The molecule has 1 aliphatic heterocycles. The zero-order valence-electron chi connectivity index (χ0n) is 14.5. The summed E-state index contributed by atoms with van der Waals surface area (Å²) in [4.78, 5) is 19.2. The summed E-state index contributed by atoms with van der Waals surface area (Å²) in [6, 6.07) is 15.3. The number of carbonyl (C=O) groups excluding carboxylic acids is 1. The predicted octanol–water partition coefficient (Wildman–Crippen LogP) is 4.55. The van der Waals surface area contributed by atoms with Crippen LogP contribution < -0.4 is 10.2 Å². The number of aromatic nitrogens is 1. The Hall–Kier alpha value is -2.41. The van der Waals surface area contributed by atoms with Gasteiger partial charge in [-0.1, -0.05) is 23.7 Å². The minimum Gasteiger partial charge on any atom is -0.378 e. The van der Waals surface area contributed by atoms with Crippen molar-refractivity contribution in [1.82, 2.24) is 4.98 Å². The number of benzene rings is 2. The van der Waals surface area contributed by atoms with Gasteiger partial charge in [-0.25, -0.2) is 4.98 Å². The van der Waals surface area contributed by atoms with Crippen LogP contribution in [0.2, 0.25) is 5.02 Å². The second-order valence-electron chi connectivity index (χ2n) is 6.15. The molecule has 0 aliphatic carbocycles. The van der Waals surface area contributed by atoms with Crippen LogP contribution in [-0.2, 0) is 4.74 Å². The fourth-order valence-corrected chi connectivity index (χ4v) is 3.81. The number of hydrogen-bond donors (Lipinski definition) is 1. The first kappa shape index (κ1) is 18.0. The standard InChI is InChI=1S/C20H18ClN3O2S/c21-15-3-1-14(2-4-15)20-23-18(13-27-20)19(25)22-16-5-7-17(8-6-16)24-9-11-26-12-10-24/h1-8,13H,9-12H2,(H,22,25). The number of morpholine rings is 1. The SMILES string of the molecule is O=C(Nc1ccc(N2CCOCC2)cc1)c1csc(-c2ccc(Cl)cc2)n1. The Morgan fingerprint density at radius 2 is 1.78 bits per heavy atom. The van der Waals surface area contributed by atoms with Crippen LogP contribution in [-0.4, -0.2) is 37.2 Å². The van der Waals surface area contributed by atoms with Crippen LogP contribution in [0, 0.1) is 0 Å². The number of rotatable bonds is 4. The molecule has 7 heteroatoms. The molecule has 1 aliphatic rings. The monoisotopic (exact) mass is 399 g/mol. The van der Waals surface area contributed by atoms with Gasteiger partial charge in [0.2, 0.25) is 0 Å². The number of amides is 1. The molecule has 0 saturated carbocycles. The second-order valence-corrected chi connectivity index (χ2v) is 7.44. The summed E-state index contributed by atoms with van der Waals surface area (Å²) < 4.78 is 5.38. The Labute approximate surface area is 166 Å². The number of anilines is 2. The fourth-order valence-electron chi connectivity index (χ4n) is 2.88. The molecule has 1 N–H and O–H groups in total. The van der Waals surface area contributed by atoms with Crippen LogP contribution in [0.25, 0.3) is 10.6 Å². The van der Waals surface area contributed by atoms with E-state index in [2.05, 4.69) is 15.2 Å². The van der Waals surface area contributed by atoms with Crippen LogP contribution in [0.5, 0.6) is 0 Å². The van der Waals surface area contributed by atoms with Crippen LogP contribution in [0.1, 0.15) is 10.5 Å². The molecule has 0 unspecified atom stereocenters. The third-order valence-corrected chi connectivity index (χ3v) is 5.47. The smallest absolute Gasteiger partial charge is 0.275 e. The van der Waals surface area contributed by atoms with Gasteiger partial charge in [0.1, 0.15) is 10.7 Å². The van der Waals surface area contributed by atoms with E-state index in [1.54, 1.807) is 5.38 Å². The highest BCUT2D eigenvalue weighted by Gasteiger charge is 2.14. The summed E-state index contributed by atoms with van der Waals surface area (Å²) >= 11 is 7.35. The molecule has 0 spiro atoms. The fraction of sp³-hybridized carbons (Fsp3) is 0.200. The zero-order valence-corrected chi connectivity index (χ0v) is 16.1. The maximum absolute atomic E-state index is 12.5. The summed E-state index contributed by atoms with van der Waals surface area (Å²) in [7, 11) is 0. The molecule has 27 heavy (non-hydrogen) atoms. The van der Waals surface area contributed by atoms with Crippen LogP contribution >= 0.6 is 22.9 Å². The van der Waals surface area contributed by atoms with Crippen molar-refractivity contribution in [2.24, 2.45) is 0 Å². The van der Waals surface area contributed by atoms with E-state index in [-0.39, 0.29) is 5.91 Å². The molecule has 138 valence electrons. The van der Waals surface area contributed by atoms with Crippen molar-refractivity contribution in [2.45, 2.75) is 0 Å². The van der Waals surface area contributed by atoms with Crippen molar-refractivity contribution < 1.29 is 9.53 Å². The number of ether oxygens (including phenoxy) is 1. The number of carbonyl (C=O) groups is 1. The molecule has 0 atom stereocenters. The van der Waals surface area contributed by atoms with Gasteiger partial charge in [0.05, 0.1) is 13.2 Å². The molecule has 0 radical (unpaired) electrons. The van der Waals surface area contributed by atoms with E-state index in [0.29, 0.717) is 10.7 Å². The van der Waals surface area contributed by atoms with Gasteiger partial charge in [0.25, 0.3) is 5.91 Å². The van der Waals surface area contributed by atoms with E-state index in [0.717, 1.165) is 48.2 Å². The first-order valence-electron chi connectivity index (χ1n) is 8.64. The summed E-state index contributed by atoms with van der Waals surface area (Å²) in [5.41, 5.74) is 3.23. The van der Waals surface area contributed by atoms with Gasteiger partial charge in [0, 0.05) is 40.4 Å².